The maximum absolute atomic E-state index is 12.7. The number of para-hydroxylation sites is 1. The molecular formula is C20H26F3N3O8S. The summed E-state index contributed by atoms with van der Waals surface area (Å²) < 4.78 is 60.3. The van der Waals surface area contributed by atoms with Crippen molar-refractivity contribution in [3.05, 3.63) is 30.3 Å². The maximum Gasteiger partial charge on any atom is 0.490 e. The highest BCUT2D eigenvalue weighted by Gasteiger charge is 2.57. The highest BCUT2D eigenvalue weighted by Crippen LogP contribution is 2.32. The largest absolute Gasteiger partial charge is 0.490 e. The van der Waals surface area contributed by atoms with E-state index in [2.05, 4.69) is 10.2 Å². The molecule has 2 aliphatic rings. The molecule has 2 heterocycles. The van der Waals surface area contributed by atoms with Gasteiger partial charge in [0.1, 0.15) is 11.6 Å². The second-order valence-electron chi connectivity index (χ2n) is 8.12. The number of carbonyl (C=O) groups is 3. The van der Waals surface area contributed by atoms with Crippen LogP contribution in [0.25, 0.3) is 0 Å². The summed E-state index contributed by atoms with van der Waals surface area (Å²) in [5.41, 5.74) is 1.23. The molecule has 15 heteroatoms. The molecule has 0 saturated carbocycles. The Balaban J connectivity index is 0.000000540. The number of sulfone groups is 1. The summed E-state index contributed by atoms with van der Waals surface area (Å²) in [6, 6.07) is 8.61. The zero-order valence-electron chi connectivity index (χ0n) is 18.6. The minimum Gasteiger partial charge on any atom is -0.475 e. The summed E-state index contributed by atoms with van der Waals surface area (Å²) in [6.45, 7) is 1.39. The summed E-state index contributed by atoms with van der Waals surface area (Å²) >= 11 is 0. The van der Waals surface area contributed by atoms with Crippen molar-refractivity contribution in [2.45, 2.75) is 30.7 Å². The summed E-state index contributed by atoms with van der Waals surface area (Å²) in [5, 5.41) is 18.8. The van der Waals surface area contributed by atoms with E-state index in [4.69, 9.17) is 19.8 Å². The van der Waals surface area contributed by atoms with Gasteiger partial charge in [-0.3, -0.25) is 14.8 Å². The van der Waals surface area contributed by atoms with Crippen LogP contribution in [0.4, 0.5) is 18.9 Å². The molecule has 2 aliphatic heterocycles. The molecule has 1 unspecified atom stereocenters. The molecule has 0 aliphatic carbocycles. The molecule has 1 aromatic rings. The molecule has 1 aromatic carbocycles. The van der Waals surface area contributed by atoms with Gasteiger partial charge in [-0.25, -0.2) is 18.7 Å². The summed E-state index contributed by atoms with van der Waals surface area (Å²) in [7, 11) is -2.04. The predicted molar refractivity (Wildman–Crippen MR) is 115 cm³/mol. The van der Waals surface area contributed by atoms with Gasteiger partial charge in [0, 0.05) is 31.8 Å². The molecular weight excluding hydrogens is 499 g/mol. The van der Waals surface area contributed by atoms with Crippen LogP contribution in [0, 0.1) is 5.92 Å². The molecule has 11 nitrogen and oxygen atoms in total. The third-order valence-corrected chi connectivity index (χ3v) is 7.61. The summed E-state index contributed by atoms with van der Waals surface area (Å²) in [5.74, 6) is -5.08. The molecule has 3 rings (SSSR count). The van der Waals surface area contributed by atoms with Crippen molar-refractivity contribution in [3.8, 4) is 0 Å². The number of rotatable bonds is 6. The Labute approximate surface area is 199 Å². The topological polar surface area (TPSA) is 162 Å². The fraction of sp³-hybridized carbons (Fsp3) is 0.550. The number of halogens is 3. The second-order valence-corrected chi connectivity index (χ2v) is 10.2. The van der Waals surface area contributed by atoms with Crippen LogP contribution < -0.4 is 15.7 Å². The van der Waals surface area contributed by atoms with E-state index < -0.39 is 39.5 Å². The SMILES string of the molecule is COC1(C(NC(=O)C2CCN(c3ccccc3)CC2)C(=O)NO)CS(=O)(=O)C1.O=C(O)C(F)(F)F. The number of hydrogen-bond acceptors (Lipinski definition) is 8. The van der Waals surface area contributed by atoms with Crippen LogP contribution in [-0.4, -0.2) is 86.0 Å². The molecule has 0 bridgehead atoms. The van der Waals surface area contributed by atoms with E-state index in [0.717, 1.165) is 5.69 Å². The molecule has 1 atom stereocenters. The van der Waals surface area contributed by atoms with Gasteiger partial charge in [0.2, 0.25) is 5.91 Å². The Kier molecular flexibility index (Phi) is 9.08. The lowest BCUT2D eigenvalue weighted by atomic mass is 9.92. The maximum atomic E-state index is 12.7. The highest BCUT2D eigenvalue weighted by atomic mass is 32.2. The van der Waals surface area contributed by atoms with Crippen LogP contribution >= 0.6 is 0 Å². The molecule has 0 spiro atoms. The van der Waals surface area contributed by atoms with Gasteiger partial charge in [0.25, 0.3) is 5.91 Å². The van der Waals surface area contributed by atoms with Crippen molar-refractivity contribution in [1.82, 2.24) is 10.8 Å². The molecule has 0 aromatic heterocycles. The zero-order valence-corrected chi connectivity index (χ0v) is 19.4. The third kappa shape index (κ3) is 7.29. The number of hydrogen-bond donors (Lipinski definition) is 4. The first kappa shape index (κ1) is 28.3. The van der Waals surface area contributed by atoms with Gasteiger partial charge in [-0.1, -0.05) is 18.2 Å². The Hall–Kier alpha value is -2.91. The highest BCUT2D eigenvalue weighted by molar-refractivity contribution is 7.93. The number of carboxylic acid groups (broad SMARTS) is 1. The van der Waals surface area contributed by atoms with Gasteiger partial charge in [-0.05, 0) is 25.0 Å². The van der Waals surface area contributed by atoms with E-state index in [9.17, 15) is 31.2 Å². The average molecular weight is 526 g/mol. The molecule has 35 heavy (non-hydrogen) atoms. The van der Waals surface area contributed by atoms with Gasteiger partial charge >= 0.3 is 12.1 Å². The number of amides is 2. The van der Waals surface area contributed by atoms with E-state index >= 15 is 0 Å². The Morgan fingerprint density at radius 2 is 1.66 bits per heavy atom. The van der Waals surface area contributed by atoms with Gasteiger partial charge in [-0.2, -0.15) is 13.2 Å². The molecule has 2 fully saturated rings. The normalized spacial score (nSPS) is 19.9. The number of benzene rings is 1. The number of nitrogens with one attached hydrogen (secondary N) is 2. The van der Waals surface area contributed by atoms with Crippen molar-refractivity contribution in [3.63, 3.8) is 0 Å². The number of alkyl halides is 3. The number of methoxy groups -OCH3 is 1. The van der Waals surface area contributed by atoms with Crippen molar-refractivity contribution in [2.75, 3.05) is 36.6 Å². The number of carboxylic acids is 1. The van der Waals surface area contributed by atoms with Crippen molar-refractivity contribution in [1.29, 1.82) is 0 Å². The first-order valence-electron chi connectivity index (χ1n) is 10.3. The van der Waals surface area contributed by atoms with Gasteiger partial charge < -0.3 is 20.1 Å². The van der Waals surface area contributed by atoms with Crippen molar-refractivity contribution >= 4 is 33.3 Å². The first-order chi connectivity index (χ1) is 16.2. The van der Waals surface area contributed by atoms with Crippen LogP contribution in [-0.2, 0) is 29.0 Å². The van der Waals surface area contributed by atoms with Crippen LogP contribution in [0.5, 0.6) is 0 Å². The van der Waals surface area contributed by atoms with Crippen LogP contribution in [0.1, 0.15) is 12.8 Å². The Bertz CT molecular complexity index is 1000. The number of hydroxylamine groups is 1. The van der Waals surface area contributed by atoms with Crippen molar-refractivity contribution < 1.29 is 51.0 Å². The molecule has 196 valence electrons. The molecule has 0 radical (unpaired) electrons. The van der Waals surface area contributed by atoms with Gasteiger partial charge in [0.05, 0.1) is 11.5 Å². The zero-order chi connectivity index (χ0) is 26.4. The molecule has 2 saturated heterocycles. The van der Waals surface area contributed by atoms with Crippen LogP contribution in [0.2, 0.25) is 0 Å². The third-order valence-electron chi connectivity index (χ3n) is 5.75. The summed E-state index contributed by atoms with van der Waals surface area (Å²) in [4.78, 5) is 35.9. The van der Waals surface area contributed by atoms with E-state index in [1.54, 1.807) is 0 Å². The Morgan fingerprint density at radius 1 is 1.14 bits per heavy atom. The average Bonchev–Trinajstić information content (AvgIpc) is 2.80. The van der Waals surface area contributed by atoms with Crippen LogP contribution in [0.3, 0.4) is 0 Å². The number of ether oxygens (including phenoxy) is 1. The fourth-order valence-corrected chi connectivity index (χ4v) is 5.88. The number of nitrogens with zero attached hydrogens (tertiary/aromatic N) is 1. The van der Waals surface area contributed by atoms with Gasteiger partial charge in [-0.15, -0.1) is 0 Å². The molecule has 4 N–H and O–H groups in total. The minimum absolute atomic E-state index is 0.306. The quantitative estimate of drug-likeness (QED) is 0.303. The predicted octanol–water partition coefficient (Wildman–Crippen LogP) is 0.340. The Morgan fingerprint density at radius 3 is 2.06 bits per heavy atom. The summed E-state index contributed by atoms with van der Waals surface area (Å²) in [6.07, 6.45) is -3.88. The second kappa shape index (κ2) is 11.2. The standard InChI is InChI=1S/C18H25N3O6S.C2HF3O2/c1-27-18(11-28(25,26)12-18)15(17(23)20-24)19-16(22)13-7-9-21(10-8-13)14-5-3-2-4-6-14;3-2(4,5)1(6)7/h2-6,13,15,24H,7-12H2,1H3,(H,19,22)(H,20,23);(H,6,7). The van der Waals surface area contributed by atoms with E-state index in [1.165, 1.54) is 12.6 Å². The fourth-order valence-electron chi connectivity index (χ4n) is 3.90. The first-order valence-corrected chi connectivity index (χ1v) is 12.2. The molecule has 2 amide bonds. The number of aliphatic carboxylic acids is 1. The number of piperidine rings is 1. The lowest BCUT2D eigenvalue weighted by Crippen LogP contribution is -2.71. The van der Waals surface area contributed by atoms with E-state index in [-0.39, 0.29) is 23.3 Å². The lowest BCUT2D eigenvalue weighted by molar-refractivity contribution is -0.192. The minimum atomic E-state index is -5.08. The number of anilines is 1. The number of carbonyl (C=O) groups excluding carboxylic acids is 2. The lowest BCUT2D eigenvalue weighted by Gasteiger charge is -2.44. The monoisotopic (exact) mass is 525 g/mol. The van der Waals surface area contributed by atoms with Gasteiger partial charge in [0.15, 0.2) is 9.84 Å². The van der Waals surface area contributed by atoms with Crippen LogP contribution in [0.15, 0.2) is 30.3 Å². The van der Waals surface area contributed by atoms with E-state index in [0.29, 0.717) is 25.9 Å². The van der Waals surface area contributed by atoms with E-state index in [1.807, 2.05) is 30.3 Å². The van der Waals surface area contributed by atoms with Crippen molar-refractivity contribution in [2.24, 2.45) is 5.92 Å². The smallest absolute Gasteiger partial charge is 0.475 e.